The van der Waals surface area contributed by atoms with Crippen LogP contribution in [0, 0.1) is 11.8 Å². The number of hydrogen-bond donors (Lipinski definition) is 3. The van der Waals surface area contributed by atoms with Crippen molar-refractivity contribution >= 4 is 102 Å². The van der Waals surface area contributed by atoms with Gasteiger partial charge in [0.25, 0.3) is 5.91 Å². The maximum absolute atomic E-state index is 13.1. The summed E-state index contributed by atoms with van der Waals surface area (Å²) in [5.74, 6) is 1.30. The average Bonchev–Trinajstić information content (AvgIpc) is 3.31. The molecule has 2 amide bonds. The van der Waals surface area contributed by atoms with Gasteiger partial charge in [0.2, 0.25) is 5.91 Å². The largest absolute Gasteiger partial charge is 0.494 e. The molecule has 1 saturated heterocycles. The molecule has 1 aromatic carbocycles. The molecule has 2 aromatic heterocycles. The van der Waals surface area contributed by atoms with Gasteiger partial charge in [-0.1, -0.05) is 87.7 Å². The molecule has 10 nitrogen and oxygen atoms in total. The van der Waals surface area contributed by atoms with Crippen molar-refractivity contribution in [2.45, 2.75) is 45.2 Å². The summed E-state index contributed by atoms with van der Waals surface area (Å²) in [6, 6.07) is 8.83. The van der Waals surface area contributed by atoms with Crippen molar-refractivity contribution in [3.8, 4) is 5.75 Å². The third-order valence-electron chi connectivity index (χ3n) is 7.31. The molecule has 3 aromatic rings. The predicted octanol–water partition coefficient (Wildman–Crippen LogP) is 5.71. The van der Waals surface area contributed by atoms with Crippen molar-refractivity contribution in [3.05, 3.63) is 42.2 Å². The van der Waals surface area contributed by atoms with Crippen molar-refractivity contribution in [1.82, 2.24) is 19.7 Å². The lowest BCUT2D eigenvalue weighted by Gasteiger charge is -2.43. The highest BCUT2D eigenvalue weighted by Crippen LogP contribution is 2.50. The van der Waals surface area contributed by atoms with Crippen LogP contribution in [0.3, 0.4) is 0 Å². The number of halogens is 3. The second kappa shape index (κ2) is 13.4. The van der Waals surface area contributed by atoms with Crippen LogP contribution in [0.15, 0.2) is 36.5 Å². The highest BCUT2D eigenvalue weighted by atomic mass is 127. The number of nitrogens with one attached hydrogen (secondary N) is 2. The van der Waals surface area contributed by atoms with Gasteiger partial charge in [0, 0.05) is 37.3 Å². The van der Waals surface area contributed by atoms with E-state index in [0.717, 1.165) is 24.8 Å². The zero-order valence-corrected chi connectivity index (χ0v) is 29.9. The molecule has 222 valence electrons. The fraction of sp³-hybridized carbons (Fsp3) is 0.500. The number of hydrogen-bond acceptors (Lipinski definition) is 7. The Balaban J connectivity index is 1.43. The summed E-state index contributed by atoms with van der Waals surface area (Å²) in [5, 5.41) is 22.6. The van der Waals surface area contributed by atoms with E-state index in [1.807, 2.05) is 17.9 Å². The van der Waals surface area contributed by atoms with Gasteiger partial charge in [0.05, 0.1) is 23.9 Å². The first-order valence-electron chi connectivity index (χ1n) is 13.4. The quantitative estimate of drug-likeness (QED) is 0.176. The van der Waals surface area contributed by atoms with E-state index in [1.54, 1.807) is 35.1 Å². The normalized spacial score (nSPS) is 16.1. The first-order chi connectivity index (χ1) is 19.3. The van der Waals surface area contributed by atoms with Gasteiger partial charge in [-0.3, -0.25) is 14.3 Å². The standard InChI is InChI=1S/C28H35I3N6O4/c1-17(2)14-32-24-7-5-6-20(33-24)26(39)34-22-12-18-15-37(35-21(18)13-23(22)41-4)16-25(38)36-10-8-19(9-11-36)27(3,40)28(29,30)31/h5-7,12-13,15,17,19,40H,8-11,14,16H2,1-4H3,(H,32,33)(H,34,39). The van der Waals surface area contributed by atoms with Crippen molar-refractivity contribution < 1.29 is 19.4 Å². The minimum atomic E-state index is -0.834. The number of amides is 2. The first-order valence-corrected chi connectivity index (χ1v) is 16.7. The highest BCUT2D eigenvalue weighted by molar-refractivity contribution is 14.3. The topological polar surface area (TPSA) is 122 Å². The predicted molar refractivity (Wildman–Crippen MR) is 187 cm³/mol. The van der Waals surface area contributed by atoms with E-state index in [2.05, 4.69) is 102 Å². The van der Waals surface area contributed by atoms with E-state index in [9.17, 15) is 14.7 Å². The molecule has 1 unspecified atom stereocenters. The van der Waals surface area contributed by atoms with Gasteiger partial charge in [0.15, 0.2) is -0.565 Å². The maximum atomic E-state index is 13.1. The number of fused-ring (bicyclic) bond motifs is 1. The Morgan fingerprint density at radius 2 is 1.90 bits per heavy atom. The fourth-order valence-electron chi connectivity index (χ4n) is 4.77. The van der Waals surface area contributed by atoms with E-state index >= 15 is 0 Å². The van der Waals surface area contributed by atoms with Crippen LogP contribution < -0.4 is 15.4 Å². The van der Waals surface area contributed by atoms with Crippen molar-refractivity contribution in [2.75, 3.05) is 37.4 Å². The molecule has 0 radical (unpaired) electrons. The van der Waals surface area contributed by atoms with E-state index in [0.29, 0.717) is 41.8 Å². The number of carbonyl (C=O) groups excluding carboxylic acids is 2. The van der Waals surface area contributed by atoms with Crippen LogP contribution in [0.25, 0.3) is 10.9 Å². The van der Waals surface area contributed by atoms with Gasteiger partial charge in [0.1, 0.15) is 23.8 Å². The molecule has 1 fully saturated rings. The number of benzene rings is 1. The summed E-state index contributed by atoms with van der Waals surface area (Å²) >= 11 is 6.83. The van der Waals surface area contributed by atoms with Gasteiger partial charge < -0.3 is 25.4 Å². The number of methoxy groups -OCH3 is 1. The summed E-state index contributed by atoms with van der Waals surface area (Å²) in [7, 11) is 1.53. The Morgan fingerprint density at radius 1 is 1.20 bits per heavy atom. The highest BCUT2D eigenvalue weighted by Gasteiger charge is 2.47. The molecule has 3 N–H and O–H groups in total. The molecule has 0 aliphatic carbocycles. The monoisotopic (exact) mass is 900 g/mol. The number of ether oxygens (including phenoxy) is 1. The second-order valence-corrected chi connectivity index (χ2v) is 21.9. The smallest absolute Gasteiger partial charge is 0.274 e. The molecule has 1 aliphatic heterocycles. The van der Waals surface area contributed by atoms with Crippen LogP contribution in [-0.4, -0.2) is 68.4 Å². The number of aromatic nitrogens is 3. The third kappa shape index (κ3) is 7.93. The summed E-state index contributed by atoms with van der Waals surface area (Å²) in [4.78, 5) is 32.4. The van der Waals surface area contributed by atoms with Crippen LogP contribution in [-0.2, 0) is 11.3 Å². The summed E-state index contributed by atoms with van der Waals surface area (Å²) in [5.41, 5.74) is 0.597. The van der Waals surface area contributed by atoms with Crippen molar-refractivity contribution in [1.29, 1.82) is 0 Å². The lowest BCUT2D eigenvalue weighted by atomic mass is 9.83. The number of nitrogens with zero attached hydrogens (tertiary/aromatic N) is 4. The summed E-state index contributed by atoms with van der Waals surface area (Å²) < 4.78 is 6.83. The lowest BCUT2D eigenvalue weighted by molar-refractivity contribution is -0.134. The van der Waals surface area contributed by atoms with Crippen molar-refractivity contribution in [3.63, 3.8) is 0 Å². The summed E-state index contributed by atoms with van der Waals surface area (Å²) in [6.45, 7) is 8.16. The van der Waals surface area contributed by atoms with Gasteiger partial charge in [-0.2, -0.15) is 5.10 Å². The average molecular weight is 900 g/mol. The SMILES string of the molecule is COc1cc2nn(CC(=O)N3CCC(C(C)(O)C(I)(I)I)CC3)cc2cc1NC(=O)c1cccc(NCC(C)C)n1. The number of pyridine rings is 1. The molecule has 3 heterocycles. The van der Waals surface area contributed by atoms with E-state index in [-0.39, 0.29) is 29.4 Å². The second-order valence-electron chi connectivity index (χ2n) is 10.9. The first kappa shape index (κ1) is 32.4. The van der Waals surface area contributed by atoms with Crippen molar-refractivity contribution in [2.24, 2.45) is 11.8 Å². The third-order valence-corrected chi connectivity index (χ3v) is 10.6. The van der Waals surface area contributed by atoms with Gasteiger partial charge in [-0.05, 0) is 49.8 Å². The fourth-order valence-corrected chi connectivity index (χ4v) is 6.09. The van der Waals surface area contributed by atoms with Gasteiger partial charge in [-0.15, -0.1) is 0 Å². The van der Waals surface area contributed by atoms with E-state index in [1.165, 1.54) is 7.11 Å². The molecular weight excluding hydrogens is 865 g/mol. The van der Waals surface area contributed by atoms with E-state index in [4.69, 9.17) is 4.74 Å². The zero-order chi connectivity index (χ0) is 29.9. The van der Waals surface area contributed by atoms with E-state index < -0.39 is 5.60 Å². The Bertz CT molecular complexity index is 1400. The van der Waals surface area contributed by atoms with Crippen LogP contribution in [0.4, 0.5) is 11.5 Å². The minimum absolute atomic E-state index is 0.0156. The molecule has 41 heavy (non-hydrogen) atoms. The number of alkyl halides is 3. The Morgan fingerprint density at radius 3 is 2.54 bits per heavy atom. The number of aliphatic hydroxyl groups is 1. The zero-order valence-electron chi connectivity index (χ0n) is 23.5. The molecule has 1 atom stereocenters. The Kier molecular flexibility index (Phi) is 10.6. The molecule has 13 heteroatoms. The molecule has 1 aliphatic rings. The molecule has 4 rings (SSSR count). The van der Waals surface area contributed by atoms with Gasteiger partial charge >= 0.3 is 0 Å². The number of rotatable bonds is 10. The lowest BCUT2D eigenvalue weighted by Crippen LogP contribution is -2.51. The minimum Gasteiger partial charge on any atom is -0.494 e. The Hall–Kier alpha value is -1.47. The molecule has 0 bridgehead atoms. The van der Waals surface area contributed by atoms with Crippen LogP contribution >= 0.6 is 67.8 Å². The molecule has 0 saturated carbocycles. The number of anilines is 2. The molecular formula is C28H35I3N6O4. The number of carbonyl (C=O) groups is 2. The van der Waals surface area contributed by atoms with Crippen LogP contribution in [0.5, 0.6) is 5.75 Å². The van der Waals surface area contributed by atoms with Gasteiger partial charge in [-0.25, -0.2) is 4.98 Å². The maximum Gasteiger partial charge on any atom is 0.274 e. The number of piperidine rings is 1. The summed E-state index contributed by atoms with van der Waals surface area (Å²) in [6.07, 6.45) is 3.30. The Labute approximate surface area is 281 Å². The molecule has 0 spiro atoms. The number of likely N-dealkylation sites (tertiary alicyclic amines) is 1. The van der Waals surface area contributed by atoms with Crippen LogP contribution in [0.1, 0.15) is 44.1 Å². The van der Waals surface area contributed by atoms with Crippen LogP contribution in [0.2, 0.25) is 0 Å².